The average Bonchev–Trinajstić information content (AvgIpc) is 2.78. The number of thioether (sulfide) groups is 1. The lowest BCUT2D eigenvalue weighted by atomic mass is 10.1. The van der Waals surface area contributed by atoms with Gasteiger partial charge >= 0.3 is 5.97 Å². The summed E-state index contributed by atoms with van der Waals surface area (Å²) in [5, 5.41) is 9.79. The second kappa shape index (κ2) is 7.59. The lowest BCUT2D eigenvalue weighted by Gasteiger charge is -2.11. The van der Waals surface area contributed by atoms with Crippen molar-refractivity contribution in [2.75, 3.05) is 20.3 Å². The molecule has 24 heavy (non-hydrogen) atoms. The zero-order valence-electron chi connectivity index (χ0n) is 12.9. The zero-order chi connectivity index (χ0) is 17.9. The van der Waals surface area contributed by atoms with Crippen molar-refractivity contribution >= 4 is 46.6 Å². The number of amides is 2. The maximum atomic E-state index is 12.3. The Morgan fingerprint density at radius 1 is 1.42 bits per heavy atom. The molecule has 1 aromatic rings. The highest BCUT2D eigenvalue weighted by atomic mass is 35.5. The Bertz CT molecular complexity index is 733. The molecule has 1 aromatic carbocycles. The Hall–Kier alpha value is -2.19. The number of imide groups is 1. The van der Waals surface area contributed by atoms with E-state index in [0.717, 1.165) is 4.90 Å². The molecule has 0 radical (unpaired) electrons. The number of methoxy groups -OCH3 is 1. The fraction of sp³-hybridized carbons (Fsp3) is 0.267. The van der Waals surface area contributed by atoms with E-state index in [2.05, 4.69) is 0 Å². The molecule has 1 fully saturated rings. The predicted octanol–water partition coefficient (Wildman–Crippen LogP) is 2.65. The summed E-state index contributed by atoms with van der Waals surface area (Å²) in [5.74, 6) is -1.39. The smallest absolute Gasteiger partial charge is 0.326 e. The van der Waals surface area contributed by atoms with Gasteiger partial charge in [-0.15, -0.1) is 0 Å². The maximum absolute atomic E-state index is 12.3. The molecule has 0 aliphatic carbocycles. The van der Waals surface area contributed by atoms with Gasteiger partial charge in [-0.25, -0.2) is 0 Å². The van der Waals surface area contributed by atoms with Crippen molar-refractivity contribution in [2.24, 2.45) is 0 Å². The zero-order valence-corrected chi connectivity index (χ0v) is 14.4. The van der Waals surface area contributed by atoms with Gasteiger partial charge in [0.1, 0.15) is 6.54 Å². The molecule has 1 aliphatic rings. The van der Waals surface area contributed by atoms with Crippen LogP contribution in [0.3, 0.4) is 0 Å². The van der Waals surface area contributed by atoms with Gasteiger partial charge < -0.3 is 14.6 Å². The number of carbonyl (C=O) groups is 3. The monoisotopic (exact) mass is 371 g/mol. The fourth-order valence-electron chi connectivity index (χ4n) is 1.97. The molecule has 0 atom stereocenters. The second-order valence-electron chi connectivity index (χ2n) is 4.62. The van der Waals surface area contributed by atoms with Gasteiger partial charge in [-0.3, -0.25) is 19.3 Å². The van der Waals surface area contributed by atoms with Gasteiger partial charge in [0, 0.05) is 16.7 Å². The number of nitrogens with zero attached hydrogens (tertiary/aromatic N) is 1. The topological polar surface area (TPSA) is 93.1 Å². The molecule has 1 aliphatic heterocycles. The third-order valence-electron chi connectivity index (χ3n) is 3.04. The van der Waals surface area contributed by atoms with Gasteiger partial charge in [0.25, 0.3) is 11.1 Å². The molecule has 0 bridgehead atoms. The van der Waals surface area contributed by atoms with E-state index >= 15 is 0 Å². The van der Waals surface area contributed by atoms with Gasteiger partial charge in [0.15, 0.2) is 11.5 Å². The number of halogens is 1. The van der Waals surface area contributed by atoms with Crippen molar-refractivity contribution in [1.29, 1.82) is 0 Å². The van der Waals surface area contributed by atoms with Crippen LogP contribution < -0.4 is 4.74 Å². The Morgan fingerprint density at radius 3 is 2.75 bits per heavy atom. The van der Waals surface area contributed by atoms with Gasteiger partial charge in [0.2, 0.25) is 0 Å². The highest BCUT2D eigenvalue weighted by molar-refractivity contribution is 8.18. The molecule has 0 aromatic heterocycles. The summed E-state index contributed by atoms with van der Waals surface area (Å²) in [6.07, 6.45) is 1.32. The first-order chi connectivity index (χ1) is 11.4. The quantitative estimate of drug-likeness (QED) is 0.628. The molecule has 9 heteroatoms. The summed E-state index contributed by atoms with van der Waals surface area (Å²) in [7, 11) is 1.36. The third kappa shape index (κ3) is 3.82. The fourth-order valence-corrected chi connectivity index (χ4v) is 3.02. The molecule has 1 N–H and O–H groups in total. The number of benzene rings is 1. The van der Waals surface area contributed by atoms with Crippen LogP contribution in [0.25, 0.3) is 6.08 Å². The van der Waals surface area contributed by atoms with Gasteiger partial charge in [-0.05, 0) is 30.8 Å². The number of ether oxygens (including phenoxy) is 2. The second-order valence-corrected chi connectivity index (χ2v) is 6.05. The number of hydrogen-bond donors (Lipinski definition) is 1. The van der Waals surface area contributed by atoms with E-state index < -0.39 is 23.7 Å². The Balaban J connectivity index is 2.29. The minimum Gasteiger partial charge on any atom is -0.504 e. The van der Waals surface area contributed by atoms with Gasteiger partial charge in [-0.1, -0.05) is 11.6 Å². The van der Waals surface area contributed by atoms with Gasteiger partial charge in [-0.2, -0.15) is 0 Å². The summed E-state index contributed by atoms with van der Waals surface area (Å²) in [6, 6.07) is 2.85. The summed E-state index contributed by atoms with van der Waals surface area (Å²) in [6.45, 7) is 1.32. The van der Waals surface area contributed by atoms with E-state index in [1.807, 2.05) is 0 Å². The highest BCUT2D eigenvalue weighted by Crippen LogP contribution is 2.38. The number of phenols is 1. The van der Waals surface area contributed by atoms with Crippen LogP contribution in [-0.2, 0) is 14.3 Å². The molecular weight excluding hydrogens is 358 g/mol. The van der Waals surface area contributed by atoms with E-state index in [9.17, 15) is 19.5 Å². The summed E-state index contributed by atoms with van der Waals surface area (Å²) < 4.78 is 9.72. The standard InChI is InChI=1S/C15H14ClNO6S/c1-3-23-12(18)7-17-14(20)11(24-15(17)21)5-8-4-9(16)6-10(22-2)13(8)19/h4-6,19H,3,7H2,1-2H3/b11-5+. The normalized spacial score (nSPS) is 16.0. The molecule has 1 saturated heterocycles. The van der Waals surface area contributed by atoms with Crippen LogP contribution in [-0.4, -0.2) is 47.4 Å². The van der Waals surface area contributed by atoms with Crippen LogP contribution in [0.15, 0.2) is 17.0 Å². The molecular formula is C15H14ClNO6S. The minimum absolute atomic E-state index is 0.0592. The van der Waals surface area contributed by atoms with Gasteiger partial charge in [0.05, 0.1) is 18.6 Å². The number of carbonyl (C=O) groups excluding carboxylic acids is 3. The van der Waals surface area contributed by atoms with Crippen molar-refractivity contribution in [3.8, 4) is 11.5 Å². The number of rotatable bonds is 5. The Labute approximate surface area is 147 Å². The molecule has 2 amide bonds. The molecule has 7 nitrogen and oxygen atoms in total. The van der Waals surface area contributed by atoms with E-state index in [-0.39, 0.29) is 28.6 Å². The largest absolute Gasteiger partial charge is 0.504 e. The Kier molecular flexibility index (Phi) is 5.74. The summed E-state index contributed by atoms with van der Waals surface area (Å²) in [5.41, 5.74) is 0.223. The Morgan fingerprint density at radius 2 is 2.12 bits per heavy atom. The molecule has 0 unspecified atom stereocenters. The van der Waals surface area contributed by atoms with E-state index in [1.165, 1.54) is 25.3 Å². The van der Waals surface area contributed by atoms with E-state index in [1.54, 1.807) is 6.92 Å². The van der Waals surface area contributed by atoms with Crippen molar-refractivity contribution < 1.29 is 29.0 Å². The van der Waals surface area contributed by atoms with E-state index in [4.69, 9.17) is 21.1 Å². The number of esters is 1. The minimum atomic E-state index is -0.673. The molecule has 128 valence electrons. The lowest BCUT2D eigenvalue weighted by Crippen LogP contribution is -2.34. The molecule has 1 heterocycles. The summed E-state index contributed by atoms with van der Waals surface area (Å²) in [4.78, 5) is 36.5. The van der Waals surface area contributed by atoms with Crippen LogP contribution in [0.5, 0.6) is 11.5 Å². The third-order valence-corrected chi connectivity index (χ3v) is 4.17. The van der Waals surface area contributed by atoms with Crippen LogP contribution in [0.2, 0.25) is 5.02 Å². The first kappa shape index (κ1) is 18.2. The number of phenolic OH excluding ortho intramolecular Hbond substituents is 1. The van der Waals surface area contributed by atoms with Crippen LogP contribution in [0, 0.1) is 0 Å². The van der Waals surface area contributed by atoms with Crippen molar-refractivity contribution in [3.05, 3.63) is 27.6 Å². The number of hydrogen-bond acceptors (Lipinski definition) is 7. The first-order valence-corrected chi connectivity index (χ1v) is 8.04. The highest BCUT2D eigenvalue weighted by Gasteiger charge is 2.36. The molecule has 0 saturated carbocycles. The molecule has 2 rings (SSSR count). The molecule has 0 spiro atoms. The maximum Gasteiger partial charge on any atom is 0.326 e. The summed E-state index contributed by atoms with van der Waals surface area (Å²) >= 11 is 6.59. The van der Waals surface area contributed by atoms with Crippen molar-refractivity contribution in [2.45, 2.75) is 6.92 Å². The van der Waals surface area contributed by atoms with Crippen LogP contribution in [0.1, 0.15) is 12.5 Å². The SMILES string of the molecule is CCOC(=O)CN1C(=O)S/C(=C/c2cc(Cl)cc(OC)c2O)C1=O. The lowest BCUT2D eigenvalue weighted by molar-refractivity contribution is -0.145. The predicted molar refractivity (Wildman–Crippen MR) is 89.0 cm³/mol. The van der Waals surface area contributed by atoms with E-state index in [0.29, 0.717) is 16.8 Å². The van der Waals surface area contributed by atoms with Crippen molar-refractivity contribution in [1.82, 2.24) is 4.90 Å². The average molecular weight is 372 g/mol. The number of aromatic hydroxyl groups is 1. The van der Waals surface area contributed by atoms with Crippen LogP contribution >= 0.6 is 23.4 Å². The first-order valence-electron chi connectivity index (χ1n) is 6.84. The van der Waals surface area contributed by atoms with Crippen LogP contribution in [0.4, 0.5) is 4.79 Å². The van der Waals surface area contributed by atoms with Crippen molar-refractivity contribution in [3.63, 3.8) is 0 Å².